The first-order valence-electron chi connectivity index (χ1n) is 4.37. The van der Waals surface area contributed by atoms with Crippen molar-refractivity contribution < 1.29 is 14.4 Å². The van der Waals surface area contributed by atoms with E-state index in [0.29, 0.717) is 5.56 Å². The molecule has 0 aromatic heterocycles. The van der Waals surface area contributed by atoms with Crippen LogP contribution in [0.15, 0.2) is 24.3 Å². The third-order valence-electron chi connectivity index (χ3n) is 1.90. The lowest BCUT2D eigenvalue weighted by Crippen LogP contribution is -2.26. The van der Waals surface area contributed by atoms with Gasteiger partial charge in [-0.1, -0.05) is 12.1 Å². The van der Waals surface area contributed by atoms with Crippen molar-refractivity contribution in [3.63, 3.8) is 0 Å². The minimum atomic E-state index is -0.686. The molecular weight excluding hydrogens is 196 g/mol. The van der Waals surface area contributed by atoms with Crippen LogP contribution in [0.5, 0.6) is 0 Å². The molecule has 15 heavy (non-hydrogen) atoms. The zero-order chi connectivity index (χ0) is 11.4. The van der Waals surface area contributed by atoms with Gasteiger partial charge < -0.3 is 10.6 Å². The average molecular weight is 208 g/mol. The smallest absolute Gasteiger partial charge is 0.356 e. The lowest BCUT2D eigenvalue weighted by atomic mass is 10.0. The summed E-state index contributed by atoms with van der Waals surface area (Å²) in [6.07, 6.45) is 0. The monoisotopic (exact) mass is 208 g/mol. The highest BCUT2D eigenvalue weighted by Crippen LogP contribution is 2.08. The highest BCUT2D eigenvalue weighted by Gasteiger charge is 2.13. The summed E-state index contributed by atoms with van der Waals surface area (Å²) >= 11 is 0. The van der Waals surface area contributed by atoms with E-state index < -0.39 is 12.0 Å². The van der Waals surface area contributed by atoms with E-state index in [9.17, 15) is 9.59 Å². The number of Topliss-reactive ketones (excluding diaryl/α,β-unsaturated/α-hetero) is 1. The predicted octanol–water partition coefficient (Wildman–Crippen LogP) is 0.247. The van der Waals surface area contributed by atoms with E-state index in [0.717, 1.165) is 0 Å². The summed E-state index contributed by atoms with van der Waals surface area (Å²) in [5.41, 5.74) is 6.03. The van der Waals surface area contributed by atoms with Gasteiger partial charge in [-0.25, -0.2) is 4.79 Å². The maximum Gasteiger partial charge on any atom is 0.356 e. The Bertz CT molecular complexity index is 388. The molecule has 1 rings (SSSR count). The van der Waals surface area contributed by atoms with Crippen LogP contribution in [-0.4, -0.2) is 17.8 Å². The van der Waals surface area contributed by atoms with Gasteiger partial charge in [0.25, 0.3) is 0 Å². The van der Waals surface area contributed by atoms with Crippen molar-refractivity contribution in [2.75, 3.05) is 0 Å². The first-order chi connectivity index (χ1) is 7.06. The summed E-state index contributed by atoms with van der Waals surface area (Å²) in [5, 5.41) is 0. The van der Waals surface area contributed by atoms with E-state index >= 15 is 0 Å². The fourth-order valence-corrected chi connectivity index (χ4v) is 1.13. The Balaban J connectivity index is 3.02. The van der Waals surface area contributed by atoms with E-state index in [2.05, 4.69) is 4.84 Å². The molecule has 1 aromatic rings. The highest BCUT2D eigenvalue weighted by atomic mass is 16.7. The molecule has 0 heterocycles. The molecule has 0 saturated heterocycles. The summed E-state index contributed by atoms with van der Waals surface area (Å²) in [4.78, 5) is 26.6. The van der Waals surface area contributed by atoms with Gasteiger partial charge in [-0.3, -0.25) is 4.79 Å². The van der Waals surface area contributed by atoms with Gasteiger partial charge >= 0.3 is 5.97 Å². The van der Waals surface area contributed by atoms with Crippen LogP contribution in [0, 0.1) is 0 Å². The average Bonchev–Trinajstić information content (AvgIpc) is 2.27. The SMILES string of the molecule is C[C@H](N)C(=O)c1cccc(C(=O)ON)c1. The minimum Gasteiger partial charge on any atom is -0.370 e. The summed E-state index contributed by atoms with van der Waals surface area (Å²) in [6, 6.07) is 5.46. The van der Waals surface area contributed by atoms with Crippen LogP contribution in [-0.2, 0) is 4.84 Å². The number of hydrogen-bond acceptors (Lipinski definition) is 5. The first kappa shape index (κ1) is 11.4. The maximum absolute atomic E-state index is 11.5. The van der Waals surface area contributed by atoms with E-state index in [1.54, 1.807) is 19.1 Å². The normalized spacial score (nSPS) is 11.9. The molecule has 0 spiro atoms. The van der Waals surface area contributed by atoms with Gasteiger partial charge in [-0.15, -0.1) is 0 Å². The molecule has 1 aromatic carbocycles. The van der Waals surface area contributed by atoms with Gasteiger partial charge in [0.15, 0.2) is 5.78 Å². The Kier molecular flexibility index (Phi) is 3.54. The maximum atomic E-state index is 11.5. The van der Waals surface area contributed by atoms with Crippen molar-refractivity contribution in [2.45, 2.75) is 13.0 Å². The Labute approximate surface area is 87.0 Å². The molecule has 5 nitrogen and oxygen atoms in total. The summed E-state index contributed by atoms with van der Waals surface area (Å²) < 4.78 is 0. The largest absolute Gasteiger partial charge is 0.370 e. The van der Waals surface area contributed by atoms with E-state index in [-0.39, 0.29) is 11.3 Å². The number of nitrogens with two attached hydrogens (primary N) is 2. The Morgan fingerprint density at radius 2 is 1.93 bits per heavy atom. The molecule has 0 aliphatic heterocycles. The lowest BCUT2D eigenvalue weighted by Gasteiger charge is -2.05. The van der Waals surface area contributed by atoms with E-state index in [1.165, 1.54) is 12.1 Å². The fourth-order valence-electron chi connectivity index (χ4n) is 1.13. The second-order valence-electron chi connectivity index (χ2n) is 3.14. The van der Waals surface area contributed by atoms with Crippen molar-refractivity contribution in [1.82, 2.24) is 0 Å². The molecular formula is C10H12N2O3. The summed E-state index contributed by atoms with van der Waals surface area (Å²) in [6.45, 7) is 1.58. The van der Waals surface area contributed by atoms with Crippen molar-refractivity contribution in [3.05, 3.63) is 35.4 Å². The lowest BCUT2D eigenvalue weighted by molar-refractivity contribution is 0.0503. The topological polar surface area (TPSA) is 95.4 Å². The molecule has 4 N–H and O–H groups in total. The molecule has 0 amide bonds. The molecule has 1 atom stereocenters. The number of benzene rings is 1. The zero-order valence-electron chi connectivity index (χ0n) is 8.27. The quantitative estimate of drug-likeness (QED) is 0.548. The summed E-state index contributed by atoms with van der Waals surface area (Å²) in [7, 11) is 0. The van der Waals surface area contributed by atoms with Crippen molar-refractivity contribution >= 4 is 11.8 Å². The highest BCUT2D eigenvalue weighted by molar-refractivity contribution is 6.01. The van der Waals surface area contributed by atoms with Crippen molar-refractivity contribution in [2.24, 2.45) is 11.6 Å². The number of carbonyl (C=O) groups is 2. The number of rotatable bonds is 3. The fraction of sp³-hybridized carbons (Fsp3) is 0.200. The molecule has 5 heteroatoms. The Hall–Kier alpha value is -1.72. The number of hydrogen-bond donors (Lipinski definition) is 2. The molecule has 0 aliphatic rings. The second-order valence-corrected chi connectivity index (χ2v) is 3.14. The molecule has 0 bridgehead atoms. The van der Waals surface area contributed by atoms with Crippen LogP contribution in [0.1, 0.15) is 27.6 Å². The summed E-state index contributed by atoms with van der Waals surface area (Å²) in [5.74, 6) is 3.81. The van der Waals surface area contributed by atoms with Crippen LogP contribution >= 0.6 is 0 Å². The van der Waals surface area contributed by atoms with Gasteiger partial charge in [-0.2, -0.15) is 5.90 Å². The van der Waals surface area contributed by atoms with Gasteiger partial charge in [0.1, 0.15) is 0 Å². The van der Waals surface area contributed by atoms with Crippen molar-refractivity contribution in [3.8, 4) is 0 Å². The van der Waals surface area contributed by atoms with Crippen molar-refractivity contribution in [1.29, 1.82) is 0 Å². The van der Waals surface area contributed by atoms with Crippen LogP contribution < -0.4 is 11.6 Å². The second kappa shape index (κ2) is 4.68. The van der Waals surface area contributed by atoms with Crippen LogP contribution in [0.25, 0.3) is 0 Å². The minimum absolute atomic E-state index is 0.226. The first-order valence-corrected chi connectivity index (χ1v) is 4.37. The Morgan fingerprint density at radius 3 is 2.47 bits per heavy atom. The van der Waals surface area contributed by atoms with Crippen LogP contribution in [0.4, 0.5) is 0 Å². The predicted molar refractivity (Wildman–Crippen MR) is 54.0 cm³/mol. The molecule has 0 radical (unpaired) electrons. The molecule has 80 valence electrons. The van der Waals surface area contributed by atoms with Gasteiger partial charge in [0.05, 0.1) is 11.6 Å². The van der Waals surface area contributed by atoms with E-state index in [4.69, 9.17) is 11.6 Å². The van der Waals surface area contributed by atoms with Crippen LogP contribution in [0.3, 0.4) is 0 Å². The molecule has 0 fully saturated rings. The van der Waals surface area contributed by atoms with Crippen LogP contribution in [0.2, 0.25) is 0 Å². The van der Waals surface area contributed by atoms with Gasteiger partial charge in [-0.05, 0) is 19.1 Å². The van der Waals surface area contributed by atoms with Gasteiger partial charge in [0.2, 0.25) is 0 Å². The Morgan fingerprint density at radius 1 is 1.33 bits per heavy atom. The third kappa shape index (κ3) is 2.61. The molecule has 0 unspecified atom stereocenters. The third-order valence-corrected chi connectivity index (χ3v) is 1.90. The van der Waals surface area contributed by atoms with E-state index in [1.807, 2.05) is 0 Å². The number of carbonyl (C=O) groups excluding carboxylic acids is 2. The molecule has 0 aliphatic carbocycles. The molecule has 0 saturated carbocycles. The number of ketones is 1. The zero-order valence-corrected chi connectivity index (χ0v) is 8.27. The van der Waals surface area contributed by atoms with Gasteiger partial charge in [0, 0.05) is 5.56 Å². The standard InChI is InChI=1S/C10H12N2O3/c1-6(11)9(13)7-3-2-4-8(5-7)10(14)15-12/h2-6H,11-12H2,1H3/t6-/m0/s1.